The second-order valence-corrected chi connectivity index (χ2v) is 16.8. The van der Waals surface area contributed by atoms with Gasteiger partial charge in [0, 0.05) is 11.1 Å². The van der Waals surface area contributed by atoms with Crippen molar-refractivity contribution in [3.8, 4) is 44.9 Å². The van der Waals surface area contributed by atoms with E-state index in [0.29, 0.717) is 11.1 Å². The minimum Gasteiger partial charge on any atom is -0.378 e. The van der Waals surface area contributed by atoms with Crippen LogP contribution >= 0.6 is 0 Å². The van der Waals surface area contributed by atoms with Crippen LogP contribution < -0.4 is 8.37 Å². The number of rotatable bonds is 10. The highest BCUT2D eigenvalue weighted by Crippen LogP contribution is 2.57. The lowest BCUT2D eigenvalue weighted by molar-refractivity contribution is 0.485. The van der Waals surface area contributed by atoms with E-state index in [-0.39, 0.29) is 21.3 Å². The molecule has 0 bridgehead atoms. The van der Waals surface area contributed by atoms with Crippen LogP contribution in [0.15, 0.2) is 216 Å². The molecule has 9 rings (SSSR count). The minimum atomic E-state index is -4.18. The zero-order valence-corrected chi connectivity index (χ0v) is 32.0. The van der Waals surface area contributed by atoms with Gasteiger partial charge in [0.25, 0.3) is 0 Å². The van der Waals surface area contributed by atoms with Crippen molar-refractivity contribution in [3.05, 3.63) is 229 Å². The molecule has 0 aromatic heterocycles. The van der Waals surface area contributed by atoms with Gasteiger partial charge in [-0.3, -0.25) is 0 Å². The molecule has 8 heteroatoms. The van der Waals surface area contributed by atoms with Crippen LogP contribution in [-0.4, -0.2) is 16.8 Å². The summed E-state index contributed by atoms with van der Waals surface area (Å²) in [6.45, 7) is 0. The van der Waals surface area contributed by atoms with Gasteiger partial charge < -0.3 is 8.37 Å². The van der Waals surface area contributed by atoms with Crippen LogP contribution in [0.2, 0.25) is 0 Å². The van der Waals surface area contributed by atoms with Gasteiger partial charge in [-0.25, -0.2) is 0 Å². The summed E-state index contributed by atoms with van der Waals surface area (Å²) < 4.78 is 66.5. The Morgan fingerprint density at radius 3 is 1.05 bits per heavy atom. The summed E-state index contributed by atoms with van der Waals surface area (Å²) in [5.41, 5.74) is 7.61. The fraction of sp³-hybridized carbons (Fsp3) is 0.0204. The van der Waals surface area contributed by atoms with Gasteiger partial charge in [0.1, 0.15) is 9.79 Å². The molecule has 0 aliphatic heterocycles. The highest BCUT2D eigenvalue weighted by atomic mass is 32.2. The van der Waals surface area contributed by atoms with E-state index in [1.807, 2.05) is 109 Å². The Morgan fingerprint density at radius 2 is 0.667 bits per heavy atom. The molecule has 0 fully saturated rings. The van der Waals surface area contributed by atoms with Crippen molar-refractivity contribution in [2.24, 2.45) is 0 Å². The lowest BCUT2D eigenvalue weighted by atomic mass is 9.67. The highest BCUT2D eigenvalue weighted by molar-refractivity contribution is 7.87. The van der Waals surface area contributed by atoms with Crippen LogP contribution in [-0.2, 0) is 25.7 Å². The minimum absolute atomic E-state index is 0.0493. The monoisotopic (exact) mass is 782 g/mol. The molecule has 0 amide bonds. The van der Waals surface area contributed by atoms with Gasteiger partial charge in [-0.1, -0.05) is 158 Å². The first kappa shape index (κ1) is 35.9. The van der Waals surface area contributed by atoms with Crippen molar-refractivity contribution in [2.45, 2.75) is 15.2 Å². The van der Waals surface area contributed by atoms with E-state index >= 15 is 0 Å². The SMILES string of the molecule is O=S(=O)(Oc1ccc(C2(c3ccc(OS(=O)(=O)c4ccccc4)c(-c4ccccc4)c3)c3ccccc3-c3ccccc32)cc1-c1ccccc1)c1ccccc1. The fourth-order valence-corrected chi connectivity index (χ4v) is 9.83. The molecule has 6 nitrogen and oxygen atoms in total. The third-order valence-corrected chi connectivity index (χ3v) is 12.9. The quantitative estimate of drug-likeness (QED) is 0.128. The van der Waals surface area contributed by atoms with Crippen LogP contribution in [0, 0.1) is 0 Å². The van der Waals surface area contributed by atoms with Crippen molar-refractivity contribution < 1.29 is 25.2 Å². The smallest absolute Gasteiger partial charge is 0.339 e. The first-order valence-electron chi connectivity index (χ1n) is 18.3. The van der Waals surface area contributed by atoms with Crippen molar-refractivity contribution in [2.75, 3.05) is 0 Å². The van der Waals surface area contributed by atoms with E-state index in [1.54, 1.807) is 48.5 Å². The molecule has 0 radical (unpaired) electrons. The van der Waals surface area contributed by atoms with Crippen LogP contribution in [0.5, 0.6) is 11.5 Å². The fourth-order valence-electron chi connectivity index (χ4n) is 7.89. The van der Waals surface area contributed by atoms with Crippen LogP contribution in [0.4, 0.5) is 0 Å². The molecule has 0 saturated heterocycles. The molecule has 0 heterocycles. The summed E-state index contributed by atoms with van der Waals surface area (Å²) in [7, 11) is -8.36. The van der Waals surface area contributed by atoms with E-state index < -0.39 is 25.7 Å². The molecule has 0 spiro atoms. The largest absolute Gasteiger partial charge is 0.378 e. The standard InChI is InChI=1S/C49H34O6S2/c50-56(51,39-21-9-3-10-22-39)54-47-31-29-37(33-43(47)35-17-5-1-6-18-35)49(45-27-15-13-25-41(45)42-26-14-16-28-46(42)49)38-30-32-48(44(34-38)36-19-7-2-8-20-36)55-57(52,53)40-23-11-4-12-24-40/h1-34H. The Labute approximate surface area is 332 Å². The van der Waals surface area contributed by atoms with Crippen molar-refractivity contribution in [3.63, 3.8) is 0 Å². The molecular formula is C49H34O6S2. The van der Waals surface area contributed by atoms with E-state index in [2.05, 4.69) is 24.3 Å². The van der Waals surface area contributed by atoms with Crippen molar-refractivity contribution in [1.29, 1.82) is 0 Å². The molecule has 1 aliphatic rings. The van der Waals surface area contributed by atoms with Gasteiger partial charge in [0.05, 0.1) is 5.41 Å². The summed E-state index contributed by atoms with van der Waals surface area (Å²) in [5, 5.41) is 0. The summed E-state index contributed by atoms with van der Waals surface area (Å²) in [6, 6.07) is 63.2. The average Bonchev–Trinajstić information content (AvgIpc) is 3.56. The third kappa shape index (κ3) is 6.39. The first-order chi connectivity index (χ1) is 27.8. The number of hydrogen-bond acceptors (Lipinski definition) is 6. The number of benzene rings is 8. The Balaban J connectivity index is 1.31. The van der Waals surface area contributed by atoms with Gasteiger partial charge in [0.15, 0.2) is 11.5 Å². The molecule has 0 unspecified atom stereocenters. The zero-order chi connectivity index (χ0) is 39.0. The molecule has 0 saturated carbocycles. The summed E-state index contributed by atoms with van der Waals surface area (Å²) >= 11 is 0. The summed E-state index contributed by atoms with van der Waals surface area (Å²) in [4.78, 5) is 0.0986. The molecule has 278 valence electrons. The predicted octanol–water partition coefficient (Wildman–Crippen LogP) is 10.9. The maximum absolute atomic E-state index is 13.7. The zero-order valence-electron chi connectivity index (χ0n) is 30.4. The molecule has 57 heavy (non-hydrogen) atoms. The molecule has 0 N–H and O–H groups in total. The van der Waals surface area contributed by atoms with E-state index in [0.717, 1.165) is 44.5 Å². The Bertz CT molecular complexity index is 2760. The van der Waals surface area contributed by atoms with Gasteiger partial charge in [-0.15, -0.1) is 0 Å². The second kappa shape index (κ2) is 14.4. The summed E-state index contributed by atoms with van der Waals surface area (Å²) in [5.74, 6) is 0.367. The summed E-state index contributed by atoms with van der Waals surface area (Å²) in [6.07, 6.45) is 0. The maximum atomic E-state index is 13.7. The van der Waals surface area contributed by atoms with Crippen molar-refractivity contribution >= 4 is 20.2 Å². The molecule has 1 aliphatic carbocycles. The van der Waals surface area contributed by atoms with Crippen molar-refractivity contribution in [1.82, 2.24) is 0 Å². The average molecular weight is 783 g/mol. The lowest BCUT2D eigenvalue weighted by Gasteiger charge is -2.35. The highest BCUT2D eigenvalue weighted by Gasteiger charge is 2.46. The molecule has 8 aromatic rings. The van der Waals surface area contributed by atoms with Crippen LogP contribution in [0.1, 0.15) is 22.3 Å². The van der Waals surface area contributed by atoms with Gasteiger partial charge in [-0.05, 0) is 93.0 Å². The Hall–Kier alpha value is -6.74. The lowest BCUT2D eigenvalue weighted by Crippen LogP contribution is -2.29. The molecule has 8 aromatic carbocycles. The molecule has 0 atom stereocenters. The van der Waals surface area contributed by atoms with Gasteiger partial charge in [-0.2, -0.15) is 16.8 Å². The Kier molecular flexibility index (Phi) is 9.08. The van der Waals surface area contributed by atoms with Crippen LogP contribution in [0.25, 0.3) is 33.4 Å². The number of fused-ring (bicyclic) bond motifs is 3. The van der Waals surface area contributed by atoms with Gasteiger partial charge >= 0.3 is 20.2 Å². The van der Waals surface area contributed by atoms with E-state index in [9.17, 15) is 16.8 Å². The first-order valence-corrected chi connectivity index (χ1v) is 21.2. The van der Waals surface area contributed by atoms with Gasteiger partial charge in [0.2, 0.25) is 0 Å². The second-order valence-electron chi connectivity index (χ2n) is 13.7. The maximum Gasteiger partial charge on any atom is 0.339 e. The Morgan fingerprint density at radius 1 is 0.333 bits per heavy atom. The third-order valence-electron chi connectivity index (χ3n) is 10.4. The normalized spacial score (nSPS) is 13.0. The van der Waals surface area contributed by atoms with Crippen LogP contribution in [0.3, 0.4) is 0 Å². The predicted molar refractivity (Wildman–Crippen MR) is 223 cm³/mol. The van der Waals surface area contributed by atoms with E-state index in [4.69, 9.17) is 8.37 Å². The molecular weight excluding hydrogens is 749 g/mol. The number of hydrogen-bond donors (Lipinski definition) is 0. The topological polar surface area (TPSA) is 86.7 Å². The van der Waals surface area contributed by atoms with E-state index in [1.165, 1.54) is 24.3 Å².